The predicted octanol–water partition coefficient (Wildman–Crippen LogP) is 2.60. The van der Waals surface area contributed by atoms with Crippen LogP contribution in [-0.2, 0) is 9.47 Å². The van der Waals surface area contributed by atoms with Crippen LogP contribution in [0.1, 0.15) is 16.1 Å². The first-order valence-electron chi connectivity index (χ1n) is 11.2. The number of anilines is 1. The van der Waals surface area contributed by atoms with Gasteiger partial charge in [-0.3, -0.25) is 4.79 Å². The van der Waals surface area contributed by atoms with Crippen LogP contribution in [0.5, 0.6) is 0 Å². The second-order valence-corrected chi connectivity index (χ2v) is 8.06. The summed E-state index contributed by atoms with van der Waals surface area (Å²) in [5.41, 5.74) is 4.21. The van der Waals surface area contributed by atoms with Gasteiger partial charge in [-0.15, -0.1) is 0 Å². The number of aryl methyl sites for hydroxylation is 1. The van der Waals surface area contributed by atoms with E-state index in [1.165, 1.54) is 5.56 Å². The second-order valence-electron chi connectivity index (χ2n) is 8.06. The van der Waals surface area contributed by atoms with Gasteiger partial charge in [-0.2, -0.15) is 10.1 Å². The van der Waals surface area contributed by atoms with Crippen LogP contribution >= 0.6 is 0 Å². The molecule has 34 heavy (non-hydrogen) atoms. The van der Waals surface area contributed by atoms with Crippen LogP contribution in [-0.4, -0.2) is 72.2 Å². The highest BCUT2D eigenvalue weighted by Crippen LogP contribution is 2.29. The molecule has 1 aliphatic rings. The summed E-state index contributed by atoms with van der Waals surface area (Å²) in [6.45, 7) is 5.36. The molecule has 4 aromatic rings. The first-order valence-corrected chi connectivity index (χ1v) is 11.2. The molecule has 1 aliphatic heterocycles. The number of carbonyl (C=O) groups is 1. The van der Waals surface area contributed by atoms with Crippen molar-refractivity contribution in [3.63, 3.8) is 0 Å². The Labute approximate surface area is 196 Å². The largest absolute Gasteiger partial charge is 0.445 e. The molecule has 1 N–H and O–H groups in total. The van der Waals surface area contributed by atoms with E-state index >= 15 is 0 Å². The SMILES string of the molecule is COCCNC(=O)c1cc2nc(-n3cc(-c4cccc(C)c4)cn3)nc(N3CCOCC3)c2o1. The molecule has 0 aliphatic carbocycles. The van der Waals surface area contributed by atoms with Crippen molar-refractivity contribution in [1.29, 1.82) is 0 Å². The number of hydrogen-bond acceptors (Lipinski definition) is 8. The normalized spacial score (nSPS) is 14.0. The summed E-state index contributed by atoms with van der Waals surface area (Å²) >= 11 is 0. The van der Waals surface area contributed by atoms with Crippen molar-refractivity contribution in [2.45, 2.75) is 6.92 Å². The lowest BCUT2D eigenvalue weighted by atomic mass is 10.1. The Balaban J connectivity index is 1.54. The summed E-state index contributed by atoms with van der Waals surface area (Å²) in [6, 6.07) is 9.86. The van der Waals surface area contributed by atoms with Crippen molar-refractivity contribution in [1.82, 2.24) is 25.1 Å². The topological polar surface area (TPSA) is 108 Å². The number of amides is 1. The van der Waals surface area contributed by atoms with Crippen molar-refractivity contribution in [2.24, 2.45) is 0 Å². The molecule has 1 amide bonds. The second kappa shape index (κ2) is 9.62. The Hall–Kier alpha value is -3.76. The summed E-state index contributed by atoms with van der Waals surface area (Å²) in [5.74, 6) is 0.866. The molecule has 4 heterocycles. The van der Waals surface area contributed by atoms with Gasteiger partial charge >= 0.3 is 0 Å². The van der Waals surface area contributed by atoms with Gasteiger partial charge in [-0.1, -0.05) is 29.8 Å². The fourth-order valence-corrected chi connectivity index (χ4v) is 3.87. The molecule has 176 valence electrons. The third kappa shape index (κ3) is 4.50. The molecule has 0 spiro atoms. The van der Waals surface area contributed by atoms with Crippen LogP contribution in [0.2, 0.25) is 0 Å². The number of benzene rings is 1. The standard InChI is InChI=1S/C24H26N6O4/c1-16-4-3-5-17(12-16)18-14-26-30(15-18)24-27-19-13-20(23(31)25-6-9-32-2)34-21(19)22(28-24)29-7-10-33-11-8-29/h3-5,12-15H,6-11H2,1-2H3,(H,25,31). The lowest BCUT2D eigenvalue weighted by Crippen LogP contribution is -2.37. The van der Waals surface area contributed by atoms with Crippen molar-refractivity contribution in [3.05, 3.63) is 54.0 Å². The zero-order valence-electron chi connectivity index (χ0n) is 19.2. The number of methoxy groups -OCH3 is 1. The molecule has 0 atom stereocenters. The average molecular weight is 463 g/mol. The van der Waals surface area contributed by atoms with Crippen LogP contribution < -0.4 is 10.2 Å². The Kier molecular flexibility index (Phi) is 6.24. The first kappa shape index (κ1) is 22.1. The average Bonchev–Trinajstić information content (AvgIpc) is 3.52. The molecule has 1 fully saturated rings. The van der Waals surface area contributed by atoms with Crippen LogP contribution in [0.25, 0.3) is 28.2 Å². The third-order valence-electron chi connectivity index (χ3n) is 5.61. The number of furan rings is 1. The summed E-state index contributed by atoms with van der Waals surface area (Å²) in [7, 11) is 1.58. The molecule has 5 rings (SSSR count). The maximum atomic E-state index is 12.6. The quantitative estimate of drug-likeness (QED) is 0.418. The maximum Gasteiger partial charge on any atom is 0.287 e. The zero-order valence-corrected chi connectivity index (χ0v) is 19.2. The number of nitrogens with one attached hydrogen (secondary N) is 1. The van der Waals surface area contributed by atoms with Gasteiger partial charge in [-0.05, 0) is 12.5 Å². The van der Waals surface area contributed by atoms with Gasteiger partial charge in [0.15, 0.2) is 17.2 Å². The fraction of sp³-hybridized carbons (Fsp3) is 0.333. The van der Waals surface area contributed by atoms with E-state index in [0.717, 1.165) is 11.1 Å². The number of fused-ring (bicyclic) bond motifs is 1. The zero-order chi connectivity index (χ0) is 23.5. The Bertz CT molecular complexity index is 1310. The van der Waals surface area contributed by atoms with Crippen LogP contribution in [0.15, 0.2) is 47.1 Å². The van der Waals surface area contributed by atoms with E-state index in [1.54, 1.807) is 24.1 Å². The number of ether oxygens (including phenoxy) is 2. The van der Waals surface area contributed by atoms with E-state index in [4.69, 9.17) is 18.9 Å². The highest BCUT2D eigenvalue weighted by Gasteiger charge is 2.23. The number of rotatable bonds is 7. The summed E-state index contributed by atoms with van der Waals surface area (Å²) in [4.78, 5) is 24.1. The van der Waals surface area contributed by atoms with Crippen molar-refractivity contribution in [3.8, 4) is 17.1 Å². The maximum absolute atomic E-state index is 12.6. The van der Waals surface area contributed by atoms with Gasteiger partial charge in [0.1, 0.15) is 5.52 Å². The molecule has 10 heteroatoms. The van der Waals surface area contributed by atoms with E-state index < -0.39 is 0 Å². The van der Waals surface area contributed by atoms with Crippen LogP contribution in [0, 0.1) is 6.92 Å². The fourth-order valence-electron chi connectivity index (χ4n) is 3.87. The van der Waals surface area contributed by atoms with Gasteiger partial charge in [0, 0.05) is 44.6 Å². The number of carbonyl (C=O) groups excluding carboxylic acids is 1. The molecular weight excluding hydrogens is 436 g/mol. The number of nitrogens with zero attached hydrogens (tertiary/aromatic N) is 5. The van der Waals surface area contributed by atoms with Crippen LogP contribution in [0.4, 0.5) is 5.82 Å². The highest BCUT2D eigenvalue weighted by atomic mass is 16.5. The number of hydrogen-bond donors (Lipinski definition) is 1. The third-order valence-corrected chi connectivity index (χ3v) is 5.61. The molecule has 3 aromatic heterocycles. The minimum absolute atomic E-state index is 0.174. The van der Waals surface area contributed by atoms with Crippen molar-refractivity contribution >= 4 is 22.8 Å². The highest BCUT2D eigenvalue weighted by molar-refractivity contribution is 5.97. The van der Waals surface area contributed by atoms with Gasteiger partial charge in [0.25, 0.3) is 11.9 Å². The Morgan fingerprint density at radius 2 is 2.03 bits per heavy atom. The number of aromatic nitrogens is 4. The van der Waals surface area contributed by atoms with E-state index in [0.29, 0.717) is 62.3 Å². The van der Waals surface area contributed by atoms with Gasteiger partial charge < -0.3 is 24.1 Å². The van der Waals surface area contributed by atoms with Crippen molar-refractivity contribution in [2.75, 3.05) is 51.5 Å². The van der Waals surface area contributed by atoms with Crippen molar-refractivity contribution < 1.29 is 18.7 Å². The van der Waals surface area contributed by atoms with E-state index in [9.17, 15) is 4.79 Å². The molecule has 1 saturated heterocycles. The monoisotopic (exact) mass is 462 g/mol. The van der Waals surface area contributed by atoms with E-state index in [1.807, 2.05) is 18.3 Å². The Morgan fingerprint density at radius 3 is 2.82 bits per heavy atom. The van der Waals surface area contributed by atoms with Gasteiger partial charge in [0.05, 0.1) is 26.0 Å². The molecule has 0 bridgehead atoms. The summed E-state index contributed by atoms with van der Waals surface area (Å²) < 4.78 is 18.1. The lowest BCUT2D eigenvalue weighted by Gasteiger charge is -2.27. The minimum Gasteiger partial charge on any atom is -0.445 e. The molecular formula is C24H26N6O4. The van der Waals surface area contributed by atoms with Crippen LogP contribution in [0.3, 0.4) is 0 Å². The van der Waals surface area contributed by atoms with E-state index in [-0.39, 0.29) is 11.7 Å². The smallest absolute Gasteiger partial charge is 0.287 e. The molecule has 0 radical (unpaired) electrons. The minimum atomic E-state index is -0.328. The molecule has 10 nitrogen and oxygen atoms in total. The van der Waals surface area contributed by atoms with E-state index in [2.05, 4.69) is 39.4 Å². The summed E-state index contributed by atoms with van der Waals surface area (Å²) in [6.07, 6.45) is 3.69. The predicted molar refractivity (Wildman–Crippen MR) is 126 cm³/mol. The van der Waals surface area contributed by atoms with Gasteiger partial charge in [0.2, 0.25) is 0 Å². The lowest BCUT2D eigenvalue weighted by molar-refractivity contribution is 0.0911. The molecule has 1 aromatic carbocycles. The number of morpholine rings is 1. The first-order chi connectivity index (χ1) is 16.6. The molecule has 0 saturated carbocycles. The Morgan fingerprint density at radius 1 is 1.18 bits per heavy atom. The summed E-state index contributed by atoms with van der Waals surface area (Å²) in [5, 5.41) is 7.28. The van der Waals surface area contributed by atoms with Gasteiger partial charge in [-0.25, -0.2) is 9.67 Å². The molecule has 0 unspecified atom stereocenters.